The highest BCUT2D eigenvalue weighted by Crippen LogP contribution is 2.54. The van der Waals surface area contributed by atoms with E-state index < -0.39 is 4.33 Å². The standard InChI is InChI=1S/C10H14Cl3NO/c1-9(2,3)8-6(11)5-15-14(8)7-4-10(7,12)13/h5,7-8H,4H2,1-3H3. The highest BCUT2D eigenvalue weighted by molar-refractivity contribution is 6.51. The Labute approximate surface area is 105 Å². The molecule has 0 saturated heterocycles. The zero-order chi connectivity index (χ0) is 11.4. The van der Waals surface area contributed by atoms with Gasteiger partial charge < -0.3 is 4.84 Å². The molecule has 15 heavy (non-hydrogen) atoms. The average molecular weight is 271 g/mol. The summed E-state index contributed by atoms with van der Waals surface area (Å²) in [4.78, 5) is 5.43. The maximum atomic E-state index is 6.13. The summed E-state index contributed by atoms with van der Waals surface area (Å²) < 4.78 is -0.682. The van der Waals surface area contributed by atoms with Crippen LogP contribution in [0.15, 0.2) is 11.3 Å². The van der Waals surface area contributed by atoms with Gasteiger partial charge in [-0.3, -0.25) is 0 Å². The van der Waals surface area contributed by atoms with Crippen molar-refractivity contribution in [3.05, 3.63) is 11.3 Å². The van der Waals surface area contributed by atoms with E-state index in [1.54, 1.807) is 6.26 Å². The van der Waals surface area contributed by atoms with Crippen molar-refractivity contribution < 1.29 is 4.84 Å². The van der Waals surface area contributed by atoms with Crippen LogP contribution in [0.1, 0.15) is 27.2 Å². The first-order chi connectivity index (χ1) is 6.73. The molecule has 86 valence electrons. The molecule has 0 aromatic carbocycles. The summed E-state index contributed by atoms with van der Waals surface area (Å²) in [5.41, 5.74) is -0.00344. The lowest BCUT2D eigenvalue weighted by Crippen LogP contribution is -2.42. The Hall–Kier alpha value is 0.370. The molecule has 2 unspecified atom stereocenters. The molecule has 2 atom stereocenters. The molecule has 0 spiro atoms. The van der Waals surface area contributed by atoms with Crippen LogP contribution < -0.4 is 0 Å². The van der Waals surface area contributed by atoms with E-state index >= 15 is 0 Å². The molecule has 1 fully saturated rings. The number of halogens is 3. The Kier molecular flexibility index (Phi) is 2.71. The van der Waals surface area contributed by atoms with E-state index in [9.17, 15) is 0 Å². The molecule has 1 aliphatic carbocycles. The molecule has 5 heteroatoms. The molecular formula is C10H14Cl3NO. The summed E-state index contributed by atoms with van der Waals surface area (Å²) in [5, 5.41) is 2.53. The fraction of sp³-hybridized carbons (Fsp3) is 0.800. The van der Waals surface area contributed by atoms with Gasteiger partial charge in [0.2, 0.25) is 0 Å². The van der Waals surface area contributed by atoms with Crippen LogP contribution in [0.5, 0.6) is 0 Å². The summed E-state index contributed by atoms with van der Waals surface area (Å²) in [6.45, 7) is 6.34. The minimum absolute atomic E-state index is 0.00344. The van der Waals surface area contributed by atoms with Crippen LogP contribution in [0.25, 0.3) is 0 Å². The predicted octanol–water partition coefficient (Wildman–Crippen LogP) is 3.67. The molecule has 0 N–H and O–H groups in total. The van der Waals surface area contributed by atoms with Gasteiger partial charge in [-0.2, -0.15) is 0 Å². The zero-order valence-electron chi connectivity index (χ0n) is 8.93. The lowest BCUT2D eigenvalue weighted by Gasteiger charge is -2.33. The monoisotopic (exact) mass is 269 g/mol. The van der Waals surface area contributed by atoms with Crippen LogP contribution >= 0.6 is 34.8 Å². The van der Waals surface area contributed by atoms with E-state index in [4.69, 9.17) is 39.6 Å². The third-order valence-electron chi connectivity index (χ3n) is 2.72. The Morgan fingerprint density at radius 3 is 2.40 bits per heavy atom. The second kappa shape index (κ2) is 3.43. The average Bonchev–Trinajstić information content (AvgIpc) is 2.52. The minimum Gasteiger partial charge on any atom is -0.411 e. The molecule has 0 radical (unpaired) electrons. The van der Waals surface area contributed by atoms with Gasteiger partial charge in [-0.25, -0.2) is 0 Å². The highest BCUT2D eigenvalue weighted by Gasteiger charge is 2.60. The van der Waals surface area contributed by atoms with Gasteiger partial charge in [0.15, 0.2) is 0 Å². The molecule has 2 aliphatic rings. The molecule has 2 nitrogen and oxygen atoms in total. The lowest BCUT2D eigenvalue weighted by molar-refractivity contribution is -0.134. The number of alkyl halides is 2. The number of hydroxylamine groups is 2. The number of hydrogen-bond acceptors (Lipinski definition) is 2. The smallest absolute Gasteiger partial charge is 0.138 e. The van der Waals surface area contributed by atoms with Crippen LogP contribution in [0.4, 0.5) is 0 Å². The van der Waals surface area contributed by atoms with Crippen LogP contribution in [0.2, 0.25) is 0 Å². The third-order valence-corrected chi connectivity index (χ3v) is 3.83. The van der Waals surface area contributed by atoms with Crippen molar-refractivity contribution in [1.29, 1.82) is 0 Å². The van der Waals surface area contributed by atoms with Crippen molar-refractivity contribution in [3.63, 3.8) is 0 Å². The number of nitrogens with zero attached hydrogens (tertiary/aromatic N) is 1. The SMILES string of the molecule is CC(C)(C)C1C(Cl)=CON1C1CC1(Cl)Cl. The van der Waals surface area contributed by atoms with Gasteiger partial charge in [0.05, 0.1) is 17.1 Å². The van der Waals surface area contributed by atoms with Gasteiger partial charge in [0, 0.05) is 6.42 Å². The molecule has 0 aromatic rings. The molecule has 1 aliphatic heterocycles. The fourth-order valence-electron chi connectivity index (χ4n) is 1.88. The van der Waals surface area contributed by atoms with Crippen molar-refractivity contribution >= 4 is 34.8 Å². The summed E-state index contributed by atoms with van der Waals surface area (Å²) in [6.07, 6.45) is 2.29. The molecule has 0 aromatic heterocycles. The Bertz CT molecular complexity index is 308. The van der Waals surface area contributed by atoms with E-state index in [2.05, 4.69) is 20.8 Å². The topological polar surface area (TPSA) is 12.5 Å². The zero-order valence-corrected chi connectivity index (χ0v) is 11.2. The first kappa shape index (κ1) is 11.8. The van der Waals surface area contributed by atoms with E-state index in [1.807, 2.05) is 5.06 Å². The van der Waals surface area contributed by atoms with E-state index in [0.29, 0.717) is 5.03 Å². The largest absolute Gasteiger partial charge is 0.411 e. The molecule has 0 amide bonds. The van der Waals surface area contributed by atoms with Crippen molar-refractivity contribution in [2.45, 2.75) is 43.6 Å². The molecule has 1 heterocycles. The molecule has 0 bridgehead atoms. The lowest BCUT2D eigenvalue weighted by atomic mass is 9.86. The highest BCUT2D eigenvalue weighted by atomic mass is 35.5. The summed E-state index contributed by atoms with van der Waals surface area (Å²) in [5.74, 6) is 0. The van der Waals surface area contributed by atoms with Gasteiger partial charge in [-0.15, -0.1) is 5.06 Å². The van der Waals surface area contributed by atoms with Gasteiger partial charge in [0.1, 0.15) is 10.6 Å². The van der Waals surface area contributed by atoms with Crippen molar-refractivity contribution in [3.8, 4) is 0 Å². The first-order valence-electron chi connectivity index (χ1n) is 4.92. The Morgan fingerprint density at radius 2 is 2.00 bits per heavy atom. The van der Waals surface area contributed by atoms with Gasteiger partial charge in [-0.1, -0.05) is 55.6 Å². The van der Waals surface area contributed by atoms with E-state index in [0.717, 1.165) is 6.42 Å². The number of rotatable bonds is 1. The normalized spacial score (nSPS) is 34.9. The summed E-state index contributed by atoms with van der Waals surface area (Å²) >= 11 is 18.2. The van der Waals surface area contributed by atoms with Gasteiger partial charge in [-0.05, 0) is 5.41 Å². The Balaban J connectivity index is 2.16. The van der Waals surface area contributed by atoms with E-state index in [1.165, 1.54) is 0 Å². The van der Waals surface area contributed by atoms with Crippen molar-refractivity contribution in [2.75, 3.05) is 0 Å². The first-order valence-corrected chi connectivity index (χ1v) is 6.05. The molecular weight excluding hydrogens is 256 g/mol. The second-order valence-corrected chi connectivity index (χ2v) is 7.20. The van der Waals surface area contributed by atoms with Crippen molar-refractivity contribution in [1.82, 2.24) is 5.06 Å². The predicted molar refractivity (Wildman–Crippen MR) is 62.9 cm³/mol. The van der Waals surface area contributed by atoms with Crippen LogP contribution in [-0.4, -0.2) is 21.5 Å². The van der Waals surface area contributed by atoms with Gasteiger partial charge >= 0.3 is 0 Å². The maximum absolute atomic E-state index is 6.13. The minimum atomic E-state index is -0.682. The Morgan fingerprint density at radius 1 is 1.47 bits per heavy atom. The van der Waals surface area contributed by atoms with Crippen LogP contribution in [0.3, 0.4) is 0 Å². The van der Waals surface area contributed by atoms with Crippen molar-refractivity contribution in [2.24, 2.45) is 5.41 Å². The molecule has 1 saturated carbocycles. The van der Waals surface area contributed by atoms with Gasteiger partial charge in [0.25, 0.3) is 0 Å². The van der Waals surface area contributed by atoms with Crippen LogP contribution in [-0.2, 0) is 4.84 Å². The summed E-state index contributed by atoms with van der Waals surface area (Å²) in [6, 6.07) is 0.0705. The van der Waals surface area contributed by atoms with Crippen LogP contribution in [0, 0.1) is 5.41 Å². The summed E-state index contributed by atoms with van der Waals surface area (Å²) in [7, 11) is 0. The maximum Gasteiger partial charge on any atom is 0.138 e. The molecule has 2 rings (SSSR count). The van der Waals surface area contributed by atoms with E-state index in [-0.39, 0.29) is 17.5 Å². The number of hydrogen-bond donors (Lipinski definition) is 0. The quantitative estimate of drug-likeness (QED) is 0.674. The second-order valence-electron chi connectivity index (χ2n) is 5.22. The third kappa shape index (κ3) is 2.10. The fourth-order valence-corrected chi connectivity index (χ4v) is 2.83.